The average molecular weight is 348 g/mol. The number of anilines is 2. The first kappa shape index (κ1) is 17.1. The van der Waals surface area contributed by atoms with Crippen molar-refractivity contribution in [2.45, 2.75) is 11.1 Å². The molecule has 0 unspecified atom stereocenters. The lowest BCUT2D eigenvalue weighted by atomic mass is 10.3. The minimum absolute atomic E-state index is 0.0372. The number of halogens is 4. The maximum absolute atomic E-state index is 13.1. The van der Waals surface area contributed by atoms with E-state index in [9.17, 15) is 26.0 Å². The van der Waals surface area contributed by atoms with Gasteiger partial charge in [0.1, 0.15) is 12.4 Å². The van der Waals surface area contributed by atoms with Crippen LogP contribution in [-0.4, -0.2) is 21.1 Å². The minimum atomic E-state index is -4.45. The van der Waals surface area contributed by atoms with Gasteiger partial charge in [0, 0.05) is 0 Å². The van der Waals surface area contributed by atoms with Gasteiger partial charge in [-0.05, 0) is 30.3 Å². The number of sulfonamides is 1. The van der Waals surface area contributed by atoms with Gasteiger partial charge in [-0.3, -0.25) is 4.72 Å². The Morgan fingerprint density at radius 1 is 0.957 bits per heavy atom. The zero-order valence-corrected chi connectivity index (χ0v) is 12.4. The molecule has 4 nitrogen and oxygen atoms in total. The van der Waals surface area contributed by atoms with Crippen LogP contribution in [0.5, 0.6) is 0 Å². The largest absolute Gasteiger partial charge is 0.405 e. The lowest BCUT2D eigenvalue weighted by Gasteiger charge is -2.15. The number of alkyl halides is 3. The summed E-state index contributed by atoms with van der Waals surface area (Å²) in [4.78, 5) is -0.330. The summed E-state index contributed by atoms with van der Waals surface area (Å²) in [5.41, 5.74) is -0.106. The SMILES string of the molecule is O=S(=O)(Nc1ccccc1NCC(F)(F)F)c1cccc(F)c1. The van der Waals surface area contributed by atoms with Crippen molar-refractivity contribution in [1.82, 2.24) is 0 Å². The van der Waals surface area contributed by atoms with Gasteiger partial charge < -0.3 is 5.32 Å². The third kappa shape index (κ3) is 4.85. The van der Waals surface area contributed by atoms with Gasteiger partial charge in [-0.15, -0.1) is 0 Å². The van der Waals surface area contributed by atoms with Gasteiger partial charge in [0.2, 0.25) is 0 Å². The third-order valence-corrected chi connectivity index (χ3v) is 4.12. The minimum Gasteiger partial charge on any atom is -0.375 e. The van der Waals surface area contributed by atoms with Crippen molar-refractivity contribution >= 4 is 21.4 Å². The van der Waals surface area contributed by atoms with Crippen molar-refractivity contribution in [2.75, 3.05) is 16.6 Å². The summed E-state index contributed by atoms with van der Waals surface area (Å²) >= 11 is 0. The molecule has 0 amide bonds. The topological polar surface area (TPSA) is 58.2 Å². The van der Waals surface area contributed by atoms with Crippen molar-refractivity contribution in [1.29, 1.82) is 0 Å². The molecule has 124 valence electrons. The first-order valence-electron chi connectivity index (χ1n) is 6.35. The number of hydrogen-bond donors (Lipinski definition) is 2. The molecule has 23 heavy (non-hydrogen) atoms. The highest BCUT2D eigenvalue weighted by Crippen LogP contribution is 2.26. The van der Waals surface area contributed by atoms with E-state index in [0.29, 0.717) is 0 Å². The highest BCUT2D eigenvalue weighted by atomic mass is 32.2. The van der Waals surface area contributed by atoms with Gasteiger partial charge >= 0.3 is 6.18 Å². The quantitative estimate of drug-likeness (QED) is 0.812. The molecule has 0 fully saturated rings. The molecule has 0 saturated heterocycles. The van der Waals surface area contributed by atoms with Crippen LogP contribution in [0.4, 0.5) is 28.9 Å². The second-order valence-electron chi connectivity index (χ2n) is 4.58. The number of hydrogen-bond acceptors (Lipinski definition) is 3. The van der Waals surface area contributed by atoms with Crippen molar-refractivity contribution in [2.24, 2.45) is 0 Å². The van der Waals surface area contributed by atoms with Crippen molar-refractivity contribution < 1.29 is 26.0 Å². The maximum atomic E-state index is 13.1. The predicted octanol–water partition coefficient (Wildman–Crippen LogP) is 3.60. The van der Waals surface area contributed by atoms with E-state index in [4.69, 9.17) is 0 Å². The van der Waals surface area contributed by atoms with Crippen LogP contribution in [-0.2, 0) is 10.0 Å². The summed E-state index contributed by atoms with van der Waals surface area (Å²) < 4.78 is 76.5. The van der Waals surface area contributed by atoms with E-state index in [1.54, 1.807) is 0 Å². The molecule has 0 aliphatic heterocycles. The smallest absolute Gasteiger partial charge is 0.375 e. The highest BCUT2D eigenvalue weighted by molar-refractivity contribution is 7.92. The molecule has 0 aliphatic carbocycles. The van der Waals surface area contributed by atoms with Gasteiger partial charge in [-0.2, -0.15) is 13.2 Å². The Bertz CT molecular complexity index is 791. The van der Waals surface area contributed by atoms with Crippen LogP contribution in [0.2, 0.25) is 0 Å². The number of rotatable bonds is 5. The molecule has 9 heteroatoms. The molecule has 2 aromatic carbocycles. The zero-order chi connectivity index (χ0) is 17.1. The second-order valence-corrected chi connectivity index (χ2v) is 6.26. The van der Waals surface area contributed by atoms with E-state index in [0.717, 1.165) is 12.1 Å². The maximum Gasteiger partial charge on any atom is 0.405 e. The zero-order valence-electron chi connectivity index (χ0n) is 11.6. The fourth-order valence-electron chi connectivity index (χ4n) is 1.76. The van der Waals surface area contributed by atoms with Gasteiger partial charge in [0.05, 0.1) is 16.3 Å². The Hall–Kier alpha value is -2.29. The molecule has 0 spiro atoms. The van der Waals surface area contributed by atoms with Crippen molar-refractivity contribution in [3.8, 4) is 0 Å². The lowest BCUT2D eigenvalue weighted by molar-refractivity contribution is -0.115. The van der Waals surface area contributed by atoms with Gasteiger partial charge in [-0.1, -0.05) is 18.2 Å². The summed E-state index contributed by atoms with van der Waals surface area (Å²) in [7, 11) is -4.12. The monoisotopic (exact) mass is 348 g/mol. The first-order chi connectivity index (χ1) is 10.7. The second kappa shape index (κ2) is 6.45. The fourth-order valence-corrected chi connectivity index (χ4v) is 2.87. The molecule has 2 N–H and O–H groups in total. The van der Waals surface area contributed by atoms with Crippen LogP contribution in [0.15, 0.2) is 53.4 Å². The molecule has 0 saturated carbocycles. The highest BCUT2D eigenvalue weighted by Gasteiger charge is 2.27. The molecule has 0 aliphatic rings. The molecular weight excluding hydrogens is 336 g/mol. The van der Waals surface area contributed by atoms with Crippen molar-refractivity contribution in [3.63, 3.8) is 0 Å². The van der Waals surface area contributed by atoms with E-state index in [1.807, 2.05) is 0 Å². The Balaban J connectivity index is 2.26. The summed E-state index contributed by atoms with van der Waals surface area (Å²) in [5.74, 6) is -0.739. The number of benzene rings is 2. The molecule has 0 aromatic heterocycles. The average Bonchev–Trinajstić information content (AvgIpc) is 2.45. The van der Waals surface area contributed by atoms with Crippen molar-refractivity contribution in [3.05, 3.63) is 54.3 Å². The summed E-state index contributed by atoms with van der Waals surface area (Å²) in [6.45, 7) is -1.31. The summed E-state index contributed by atoms with van der Waals surface area (Å²) in [6.07, 6.45) is -4.45. The third-order valence-electron chi connectivity index (χ3n) is 2.76. The lowest BCUT2D eigenvalue weighted by Crippen LogP contribution is -2.22. The number of nitrogens with one attached hydrogen (secondary N) is 2. The fraction of sp³-hybridized carbons (Fsp3) is 0.143. The summed E-state index contributed by atoms with van der Waals surface area (Å²) in [5, 5.41) is 2.11. The Labute approximate surface area is 130 Å². The van der Waals surface area contributed by atoms with Crippen LogP contribution in [0.3, 0.4) is 0 Å². The van der Waals surface area contributed by atoms with Crippen LogP contribution in [0.1, 0.15) is 0 Å². The Morgan fingerprint density at radius 2 is 1.61 bits per heavy atom. The van der Waals surface area contributed by atoms with Gasteiger partial charge in [0.25, 0.3) is 10.0 Å². The molecule has 2 rings (SSSR count). The van der Waals surface area contributed by atoms with Crippen LogP contribution in [0, 0.1) is 5.82 Å². The van der Waals surface area contributed by atoms with Gasteiger partial charge in [0.15, 0.2) is 0 Å². The van der Waals surface area contributed by atoms with Gasteiger partial charge in [-0.25, -0.2) is 12.8 Å². The van der Waals surface area contributed by atoms with E-state index >= 15 is 0 Å². The molecule has 0 radical (unpaired) electrons. The van der Waals surface area contributed by atoms with Crippen LogP contribution in [0.25, 0.3) is 0 Å². The normalized spacial score (nSPS) is 12.0. The standard InChI is InChI=1S/C14H12F4N2O2S/c15-10-4-3-5-11(8-10)23(21,22)20-13-7-2-1-6-12(13)19-9-14(16,17)18/h1-8,19-20H,9H2. The first-order valence-corrected chi connectivity index (χ1v) is 7.84. The Morgan fingerprint density at radius 3 is 2.22 bits per heavy atom. The van der Waals surface area contributed by atoms with E-state index in [-0.39, 0.29) is 16.3 Å². The van der Waals surface area contributed by atoms with E-state index in [2.05, 4.69) is 10.0 Å². The molecule has 2 aromatic rings. The number of para-hydroxylation sites is 2. The predicted molar refractivity (Wildman–Crippen MR) is 78.2 cm³/mol. The van der Waals surface area contributed by atoms with Crippen LogP contribution >= 0.6 is 0 Å². The molecular formula is C14H12F4N2O2S. The molecule has 0 bridgehead atoms. The molecule has 0 atom stereocenters. The van der Waals surface area contributed by atoms with E-state index in [1.165, 1.54) is 36.4 Å². The van der Waals surface area contributed by atoms with Crippen LogP contribution < -0.4 is 10.0 Å². The Kier molecular flexibility index (Phi) is 4.79. The summed E-state index contributed by atoms with van der Waals surface area (Å²) in [6, 6.07) is 9.81. The van der Waals surface area contributed by atoms with E-state index < -0.39 is 28.6 Å². The molecule has 0 heterocycles.